The number of anilines is 2. The predicted octanol–water partition coefficient (Wildman–Crippen LogP) is 10.2. The van der Waals surface area contributed by atoms with Crippen molar-refractivity contribution in [2.45, 2.75) is 90.1 Å². The van der Waals surface area contributed by atoms with Crippen LogP contribution in [0.25, 0.3) is 10.9 Å². The van der Waals surface area contributed by atoms with E-state index >= 15 is 0 Å². The standard InChI is InChI=1S/C46H60N4O3Si/c1-46(2,3)54(4,5)53-43(40-24-26-42(45-41(40)25-27-44(51)49-45)52-34-37-13-8-6-9-14-37)33-47-29-28-36-18-22-39(23-19-36)48-38-20-16-35(17-21-38)15-12-32-50-30-10-7-11-31-50/h6,8-9,13-14,16-27,43,47-48H,7,10-12,15,28-34H2,1-5H3,(H,49,51). The van der Waals surface area contributed by atoms with Gasteiger partial charge in [-0.25, -0.2) is 0 Å². The second kappa shape index (κ2) is 18.4. The average molecular weight is 745 g/mol. The Balaban J connectivity index is 1.06. The summed E-state index contributed by atoms with van der Waals surface area (Å²) >= 11 is 0. The number of nitrogens with zero attached hydrogens (tertiary/aromatic N) is 1. The van der Waals surface area contributed by atoms with Crippen LogP contribution in [-0.4, -0.2) is 50.9 Å². The second-order valence-corrected chi connectivity index (χ2v) is 21.1. The van der Waals surface area contributed by atoms with Gasteiger partial charge in [0.25, 0.3) is 0 Å². The Kier molecular flexibility index (Phi) is 13.5. The molecule has 6 rings (SSSR count). The number of hydrogen-bond donors (Lipinski definition) is 3. The molecule has 0 aliphatic carbocycles. The van der Waals surface area contributed by atoms with Gasteiger partial charge < -0.3 is 29.7 Å². The molecule has 5 aromatic rings. The number of aryl methyl sites for hydroxylation is 1. The monoisotopic (exact) mass is 744 g/mol. The van der Waals surface area contributed by atoms with Crippen LogP contribution >= 0.6 is 0 Å². The molecule has 4 aromatic carbocycles. The van der Waals surface area contributed by atoms with E-state index in [0.29, 0.717) is 24.4 Å². The lowest BCUT2D eigenvalue weighted by Crippen LogP contribution is -2.43. The SMILES string of the molecule is CC(C)(C)[Si](C)(C)OC(CNCCc1ccc(Nc2ccc(CCCN3CCCCC3)cc2)cc1)c1ccc(OCc2ccccc2)c2[nH]c(=O)ccc12. The first-order valence-electron chi connectivity index (χ1n) is 19.9. The molecule has 1 aliphatic rings. The Hall–Kier alpha value is -4.21. The molecule has 2 heterocycles. The number of rotatable bonds is 17. The van der Waals surface area contributed by atoms with E-state index in [0.717, 1.165) is 47.3 Å². The third kappa shape index (κ3) is 10.9. The molecule has 1 fully saturated rings. The van der Waals surface area contributed by atoms with E-state index in [-0.39, 0.29) is 16.7 Å². The number of nitrogens with one attached hydrogen (secondary N) is 3. The number of benzene rings is 4. The van der Waals surface area contributed by atoms with Gasteiger partial charge in [-0.15, -0.1) is 0 Å². The summed E-state index contributed by atoms with van der Waals surface area (Å²) < 4.78 is 13.4. The number of likely N-dealkylation sites (tertiary alicyclic amines) is 1. The Morgan fingerprint density at radius 1 is 0.778 bits per heavy atom. The maximum absolute atomic E-state index is 12.5. The number of H-pyrrole nitrogens is 1. The fourth-order valence-electron chi connectivity index (χ4n) is 6.96. The maximum Gasteiger partial charge on any atom is 0.248 e. The lowest BCUT2D eigenvalue weighted by Gasteiger charge is -2.39. The third-order valence-electron chi connectivity index (χ3n) is 11.2. The molecule has 1 unspecified atom stereocenters. The largest absolute Gasteiger partial charge is 0.487 e. The van der Waals surface area contributed by atoms with E-state index < -0.39 is 8.32 Å². The molecule has 1 aromatic heterocycles. The first kappa shape index (κ1) is 39.5. The minimum Gasteiger partial charge on any atom is -0.487 e. The summed E-state index contributed by atoms with van der Waals surface area (Å²) in [4.78, 5) is 18.2. The van der Waals surface area contributed by atoms with Crippen LogP contribution < -0.4 is 20.9 Å². The van der Waals surface area contributed by atoms with E-state index in [2.05, 4.69) is 109 Å². The molecule has 0 bridgehead atoms. The summed E-state index contributed by atoms with van der Waals surface area (Å²) in [5.41, 5.74) is 7.56. The van der Waals surface area contributed by atoms with Gasteiger partial charge >= 0.3 is 0 Å². The van der Waals surface area contributed by atoms with Crippen molar-refractivity contribution in [1.29, 1.82) is 0 Å². The highest BCUT2D eigenvalue weighted by atomic mass is 28.4. The minimum absolute atomic E-state index is 0.0402. The Morgan fingerprint density at radius 2 is 1.44 bits per heavy atom. The highest BCUT2D eigenvalue weighted by Crippen LogP contribution is 2.41. The van der Waals surface area contributed by atoms with Crippen molar-refractivity contribution in [3.63, 3.8) is 0 Å². The predicted molar refractivity (Wildman–Crippen MR) is 228 cm³/mol. The van der Waals surface area contributed by atoms with Gasteiger partial charge in [-0.2, -0.15) is 0 Å². The minimum atomic E-state index is -2.15. The van der Waals surface area contributed by atoms with Gasteiger partial charge in [0.15, 0.2) is 8.32 Å². The number of ether oxygens (including phenoxy) is 1. The van der Waals surface area contributed by atoms with E-state index in [9.17, 15) is 4.79 Å². The summed E-state index contributed by atoms with van der Waals surface area (Å²) in [6.45, 7) is 17.0. The van der Waals surface area contributed by atoms with Crippen molar-refractivity contribution in [3.8, 4) is 5.75 Å². The van der Waals surface area contributed by atoms with Crippen molar-refractivity contribution in [1.82, 2.24) is 15.2 Å². The molecular weight excluding hydrogens is 685 g/mol. The number of aromatic nitrogens is 1. The van der Waals surface area contributed by atoms with Crippen molar-refractivity contribution in [2.75, 3.05) is 38.0 Å². The fourth-order valence-corrected chi connectivity index (χ4v) is 8.24. The number of pyridine rings is 1. The molecule has 7 nitrogen and oxygen atoms in total. The zero-order chi connectivity index (χ0) is 38.0. The molecule has 0 spiro atoms. The van der Waals surface area contributed by atoms with Gasteiger partial charge in [-0.05, 0) is 135 Å². The Morgan fingerprint density at radius 3 is 2.11 bits per heavy atom. The van der Waals surface area contributed by atoms with Crippen LogP contribution in [0.3, 0.4) is 0 Å². The molecule has 0 radical (unpaired) electrons. The average Bonchev–Trinajstić information content (AvgIpc) is 3.17. The van der Waals surface area contributed by atoms with Crippen LogP contribution in [0.1, 0.15) is 74.8 Å². The number of aromatic amines is 1. The lowest BCUT2D eigenvalue weighted by atomic mass is 10.0. The highest BCUT2D eigenvalue weighted by Gasteiger charge is 2.39. The molecule has 1 aliphatic heterocycles. The molecule has 8 heteroatoms. The first-order valence-corrected chi connectivity index (χ1v) is 22.8. The summed E-state index contributed by atoms with van der Waals surface area (Å²) in [7, 11) is -2.15. The highest BCUT2D eigenvalue weighted by molar-refractivity contribution is 6.74. The van der Waals surface area contributed by atoms with E-state index in [1.54, 1.807) is 6.07 Å². The molecule has 0 amide bonds. The van der Waals surface area contributed by atoms with Gasteiger partial charge in [-0.3, -0.25) is 4.79 Å². The van der Waals surface area contributed by atoms with E-state index in [4.69, 9.17) is 9.16 Å². The van der Waals surface area contributed by atoms with E-state index in [1.165, 1.54) is 56.4 Å². The molecule has 0 saturated carbocycles. The zero-order valence-electron chi connectivity index (χ0n) is 33.0. The number of hydrogen-bond acceptors (Lipinski definition) is 6. The Labute approximate surface area is 323 Å². The molecule has 54 heavy (non-hydrogen) atoms. The number of piperidine rings is 1. The van der Waals surface area contributed by atoms with Gasteiger partial charge in [0, 0.05) is 29.4 Å². The molecular formula is C46H60N4O3Si. The van der Waals surface area contributed by atoms with Crippen LogP contribution in [-0.2, 0) is 23.9 Å². The molecule has 3 N–H and O–H groups in total. The maximum atomic E-state index is 12.5. The van der Waals surface area contributed by atoms with E-state index in [1.807, 2.05) is 42.5 Å². The van der Waals surface area contributed by atoms with Crippen molar-refractivity contribution < 1.29 is 9.16 Å². The van der Waals surface area contributed by atoms with Gasteiger partial charge in [-0.1, -0.05) is 87.9 Å². The summed E-state index contributed by atoms with van der Waals surface area (Å²) in [5.74, 6) is 0.655. The number of fused-ring (bicyclic) bond motifs is 1. The second-order valence-electron chi connectivity index (χ2n) is 16.4. The van der Waals surface area contributed by atoms with Crippen LogP contribution in [0.5, 0.6) is 5.75 Å². The normalized spacial score (nSPS) is 14.6. The fraction of sp³-hybridized carbons (Fsp3) is 0.413. The molecule has 1 atom stereocenters. The van der Waals surface area contributed by atoms with Gasteiger partial charge in [0.2, 0.25) is 5.56 Å². The van der Waals surface area contributed by atoms with Crippen molar-refractivity contribution >= 4 is 30.6 Å². The smallest absolute Gasteiger partial charge is 0.248 e. The lowest BCUT2D eigenvalue weighted by molar-refractivity contribution is 0.182. The zero-order valence-corrected chi connectivity index (χ0v) is 34.0. The summed E-state index contributed by atoms with van der Waals surface area (Å²) in [6, 6.07) is 35.3. The molecule has 286 valence electrons. The summed E-state index contributed by atoms with van der Waals surface area (Å²) in [6.07, 6.45) is 7.18. The third-order valence-corrected chi connectivity index (χ3v) is 15.7. The summed E-state index contributed by atoms with van der Waals surface area (Å²) in [5, 5.41) is 8.26. The Bertz CT molecular complexity index is 1970. The van der Waals surface area contributed by atoms with Crippen LogP contribution in [0.15, 0.2) is 108 Å². The topological polar surface area (TPSA) is 78.6 Å². The van der Waals surface area contributed by atoms with Gasteiger partial charge in [0.05, 0.1) is 11.6 Å². The van der Waals surface area contributed by atoms with Crippen LogP contribution in [0, 0.1) is 0 Å². The van der Waals surface area contributed by atoms with Crippen LogP contribution in [0.2, 0.25) is 18.1 Å². The van der Waals surface area contributed by atoms with Crippen LogP contribution in [0.4, 0.5) is 11.4 Å². The van der Waals surface area contributed by atoms with Gasteiger partial charge in [0.1, 0.15) is 12.4 Å². The molecule has 1 saturated heterocycles. The van der Waals surface area contributed by atoms with Crippen molar-refractivity contribution in [3.05, 3.63) is 136 Å². The first-order chi connectivity index (χ1) is 26.0. The van der Waals surface area contributed by atoms with Crippen molar-refractivity contribution in [2.24, 2.45) is 0 Å². The quantitative estimate of drug-likeness (QED) is 0.0650.